The van der Waals surface area contributed by atoms with Crippen LogP contribution in [0.5, 0.6) is 0 Å². The molecule has 0 spiro atoms. The summed E-state index contributed by atoms with van der Waals surface area (Å²) < 4.78 is 0. The van der Waals surface area contributed by atoms with Crippen molar-refractivity contribution in [3.05, 3.63) is 53.9 Å². The van der Waals surface area contributed by atoms with Gasteiger partial charge in [0.2, 0.25) is 5.95 Å². The topological polar surface area (TPSA) is 58.1 Å². The van der Waals surface area contributed by atoms with Gasteiger partial charge in [0.1, 0.15) is 5.69 Å². The van der Waals surface area contributed by atoms with Crippen LogP contribution in [-0.4, -0.2) is 34.4 Å². The van der Waals surface area contributed by atoms with Crippen molar-refractivity contribution in [3.8, 4) is 0 Å². The van der Waals surface area contributed by atoms with Gasteiger partial charge in [-0.25, -0.2) is 9.97 Å². The van der Waals surface area contributed by atoms with Crippen LogP contribution in [0.4, 0.5) is 5.95 Å². The van der Waals surface area contributed by atoms with Crippen molar-refractivity contribution in [2.75, 3.05) is 18.9 Å². The molecule has 0 aliphatic rings. The zero-order chi connectivity index (χ0) is 15.9. The molecule has 5 heteroatoms. The molecule has 1 aromatic heterocycles. The lowest BCUT2D eigenvalue weighted by Gasteiger charge is -2.17. The van der Waals surface area contributed by atoms with Crippen LogP contribution in [0.2, 0.25) is 0 Å². The van der Waals surface area contributed by atoms with E-state index in [1.165, 1.54) is 0 Å². The molecule has 1 amide bonds. The average molecular weight is 298 g/mol. The van der Waals surface area contributed by atoms with Gasteiger partial charge in [-0.3, -0.25) is 4.79 Å². The molecule has 22 heavy (non-hydrogen) atoms. The number of benzene rings is 1. The monoisotopic (exact) mass is 298 g/mol. The first kappa shape index (κ1) is 15.9. The van der Waals surface area contributed by atoms with E-state index in [4.69, 9.17) is 0 Å². The molecule has 0 aliphatic carbocycles. The lowest BCUT2D eigenvalue weighted by Crippen LogP contribution is -2.27. The molecule has 0 saturated heterocycles. The number of carbonyl (C=O) groups is 1. The maximum Gasteiger partial charge on any atom is 0.272 e. The summed E-state index contributed by atoms with van der Waals surface area (Å²) in [6.07, 6.45) is 1.61. The molecule has 0 saturated carbocycles. The van der Waals surface area contributed by atoms with Gasteiger partial charge in [0.15, 0.2) is 0 Å². The lowest BCUT2D eigenvalue weighted by molar-refractivity contribution is 0.0779. The Labute approximate surface area is 131 Å². The van der Waals surface area contributed by atoms with E-state index in [-0.39, 0.29) is 5.91 Å². The third kappa shape index (κ3) is 4.55. The van der Waals surface area contributed by atoms with Gasteiger partial charge in [0.25, 0.3) is 5.91 Å². The van der Waals surface area contributed by atoms with Gasteiger partial charge in [-0.2, -0.15) is 0 Å². The average Bonchev–Trinajstić information content (AvgIpc) is 2.53. The van der Waals surface area contributed by atoms with Gasteiger partial charge in [0.05, 0.1) is 0 Å². The maximum atomic E-state index is 12.4. The highest BCUT2D eigenvalue weighted by Crippen LogP contribution is 2.08. The lowest BCUT2D eigenvalue weighted by atomic mass is 10.2. The van der Waals surface area contributed by atoms with Gasteiger partial charge in [-0.15, -0.1) is 0 Å². The normalized spacial score (nSPS) is 10.5. The molecule has 2 rings (SSSR count). The van der Waals surface area contributed by atoms with Crippen molar-refractivity contribution in [3.63, 3.8) is 0 Å². The second-order valence-corrected chi connectivity index (χ2v) is 5.69. The van der Waals surface area contributed by atoms with E-state index < -0.39 is 0 Å². The van der Waals surface area contributed by atoms with E-state index in [0.717, 1.165) is 12.1 Å². The molecule has 0 atom stereocenters. The fourth-order valence-electron chi connectivity index (χ4n) is 1.98. The summed E-state index contributed by atoms with van der Waals surface area (Å²) in [5, 5.41) is 3.14. The highest BCUT2D eigenvalue weighted by Gasteiger charge is 2.14. The first-order valence-corrected chi connectivity index (χ1v) is 7.42. The van der Waals surface area contributed by atoms with Crippen LogP contribution < -0.4 is 5.32 Å². The molecular weight excluding hydrogens is 276 g/mol. The van der Waals surface area contributed by atoms with Crippen molar-refractivity contribution in [2.24, 2.45) is 5.92 Å². The third-order valence-electron chi connectivity index (χ3n) is 3.15. The maximum absolute atomic E-state index is 12.4. The number of rotatable bonds is 6. The van der Waals surface area contributed by atoms with Gasteiger partial charge in [-0.05, 0) is 17.5 Å². The zero-order valence-corrected chi connectivity index (χ0v) is 13.3. The van der Waals surface area contributed by atoms with Crippen molar-refractivity contribution >= 4 is 11.9 Å². The smallest absolute Gasteiger partial charge is 0.272 e. The minimum absolute atomic E-state index is 0.112. The summed E-state index contributed by atoms with van der Waals surface area (Å²) in [6, 6.07) is 11.5. The van der Waals surface area contributed by atoms with Crippen LogP contribution in [0, 0.1) is 5.92 Å². The standard InChI is InChI=1S/C17H22N4O/c1-13(2)11-19-17-18-10-9-15(20-17)16(22)21(3)12-14-7-5-4-6-8-14/h4-10,13H,11-12H2,1-3H3,(H,18,19,20). The summed E-state index contributed by atoms with van der Waals surface area (Å²) in [5.41, 5.74) is 1.49. The number of aromatic nitrogens is 2. The van der Waals surface area contributed by atoms with Crippen LogP contribution in [0.25, 0.3) is 0 Å². The number of amides is 1. The van der Waals surface area contributed by atoms with Crippen molar-refractivity contribution in [1.29, 1.82) is 0 Å². The zero-order valence-electron chi connectivity index (χ0n) is 13.3. The molecule has 5 nitrogen and oxygen atoms in total. The Morgan fingerprint density at radius 3 is 2.64 bits per heavy atom. The second kappa shape index (κ2) is 7.54. The minimum Gasteiger partial charge on any atom is -0.354 e. The van der Waals surface area contributed by atoms with E-state index >= 15 is 0 Å². The summed E-state index contributed by atoms with van der Waals surface area (Å²) >= 11 is 0. The molecule has 0 fully saturated rings. The number of anilines is 1. The number of nitrogens with one attached hydrogen (secondary N) is 1. The van der Waals surface area contributed by atoms with Gasteiger partial charge < -0.3 is 10.2 Å². The van der Waals surface area contributed by atoms with E-state index in [2.05, 4.69) is 29.1 Å². The molecule has 2 aromatic rings. The first-order chi connectivity index (χ1) is 10.6. The quantitative estimate of drug-likeness (QED) is 0.891. The third-order valence-corrected chi connectivity index (χ3v) is 3.15. The SMILES string of the molecule is CC(C)CNc1nccc(C(=O)N(C)Cc2ccccc2)n1. The van der Waals surface area contributed by atoms with Gasteiger partial charge in [0, 0.05) is 26.3 Å². The summed E-state index contributed by atoms with van der Waals surface area (Å²) in [6.45, 7) is 5.54. The molecule has 116 valence electrons. The predicted molar refractivity (Wildman–Crippen MR) is 87.6 cm³/mol. The largest absolute Gasteiger partial charge is 0.354 e. The van der Waals surface area contributed by atoms with Crippen LogP contribution >= 0.6 is 0 Å². The van der Waals surface area contributed by atoms with Crippen LogP contribution in [0.1, 0.15) is 29.9 Å². The molecule has 1 aromatic carbocycles. The highest BCUT2D eigenvalue weighted by atomic mass is 16.2. The number of carbonyl (C=O) groups excluding carboxylic acids is 1. The Morgan fingerprint density at radius 2 is 1.95 bits per heavy atom. The first-order valence-electron chi connectivity index (χ1n) is 7.42. The number of nitrogens with zero attached hydrogens (tertiary/aromatic N) is 3. The van der Waals surface area contributed by atoms with E-state index in [1.54, 1.807) is 24.2 Å². The predicted octanol–water partition coefficient (Wildman–Crippen LogP) is 2.82. The Balaban J connectivity index is 2.03. The fourth-order valence-corrected chi connectivity index (χ4v) is 1.98. The van der Waals surface area contributed by atoms with Crippen molar-refractivity contribution in [1.82, 2.24) is 14.9 Å². The molecule has 0 bridgehead atoms. The minimum atomic E-state index is -0.112. The molecular formula is C17H22N4O. The van der Waals surface area contributed by atoms with Crippen molar-refractivity contribution < 1.29 is 4.79 Å². The Hall–Kier alpha value is -2.43. The second-order valence-electron chi connectivity index (χ2n) is 5.69. The van der Waals surface area contributed by atoms with Crippen LogP contribution in [-0.2, 0) is 6.54 Å². The molecule has 0 radical (unpaired) electrons. The van der Waals surface area contributed by atoms with Gasteiger partial charge in [-0.1, -0.05) is 44.2 Å². The fraction of sp³-hybridized carbons (Fsp3) is 0.353. The van der Waals surface area contributed by atoms with E-state index in [9.17, 15) is 4.79 Å². The summed E-state index contributed by atoms with van der Waals surface area (Å²) in [7, 11) is 1.78. The number of hydrogen-bond donors (Lipinski definition) is 1. The summed E-state index contributed by atoms with van der Waals surface area (Å²) in [5.74, 6) is 0.871. The van der Waals surface area contributed by atoms with Crippen molar-refractivity contribution in [2.45, 2.75) is 20.4 Å². The van der Waals surface area contributed by atoms with Crippen LogP contribution in [0.3, 0.4) is 0 Å². The Morgan fingerprint density at radius 1 is 1.23 bits per heavy atom. The molecule has 1 N–H and O–H groups in total. The molecule has 1 heterocycles. The Bertz CT molecular complexity index is 613. The Kier molecular flexibility index (Phi) is 5.47. The van der Waals surface area contributed by atoms with E-state index in [0.29, 0.717) is 24.1 Å². The van der Waals surface area contributed by atoms with Gasteiger partial charge >= 0.3 is 0 Å². The van der Waals surface area contributed by atoms with Crippen LogP contribution in [0.15, 0.2) is 42.6 Å². The summed E-state index contributed by atoms with van der Waals surface area (Å²) in [4.78, 5) is 22.5. The highest BCUT2D eigenvalue weighted by molar-refractivity contribution is 5.92. The van der Waals surface area contributed by atoms with E-state index in [1.807, 2.05) is 30.3 Å². The number of hydrogen-bond acceptors (Lipinski definition) is 4. The molecule has 0 unspecified atom stereocenters. The molecule has 0 aliphatic heterocycles.